The van der Waals surface area contributed by atoms with E-state index in [1.54, 1.807) is 4.90 Å². The standard InChI is InChI=1S/C28H35N3O2/c1-28(2,3)21-10-6-19(7-11-21)16-30-17-24-23(25(24)18-30)15-29-27(33)20-8-12-22(13-9-20)31-14-4-5-26(31)32/h6-13,23-25H,4-5,14-18H2,1-3H3,(H,29,33). The Morgan fingerprint density at radius 2 is 1.67 bits per heavy atom. The van der Waals surface area contributed by atoms with Crippen molar-refractivity contribution in [2.75, 3.05) is 31.1 Å². The van der Waals surface area contributed by atoms with Crippen LogP contribution in [0.5, 0.6) is 0 Å². The first-order valence-electron chi connectivity index (χ1n) is 12.3. The van der Waals surface area contributed by atoms with Gasteiger partial charge in [-0.25, -0.2) is 0 Å². The van der Waals surface area contributed by atoms with Crippen LogP contribution in [0.15, 0.2) is 48.5 Å². The number of hydrogen-bond donors (Lipinski definition) is 1. The van der Waals surface area contributed by atoms with Crippen molar-refractivity contribution >= 4 is 17.5 Å². The molecule has 0 spiro atoms. The Hall–Kier alpha value is -2.66. The molecule has 2 aromatic carbocycles. The molecule has 2 heterocycles. The van der Waals surface area contributed by atoms with Gasteiger partial charge in [0, 0.05) is 50.4 Å². The van der Waals surface area contributed by atoms with Crippen molar-refractivity contribution < 1.29 is 9.59 Å². The van der Waals surface area contributed by atoms with E-state index < -0.39 is 0 Å². The van der Waals surface area contributed by atoms with Crippen LogP contribution in [-0.2, 0) is 16.8 Å². The monoisotopic (exact) mass is 445 g/mol. The molecule has 3 aliphatic rings. The lowest BCUT2D eigenvalue weighted by Gasteiger charge is -2.22. The van der Waals surface area contributed by atoms with Crippen LogP contribution in [0.4, 0.5) is 5.69 Å². The summed E-state index contributed by atoms with van der Waals surface area (Å²) in [6.07, 6.45) is 1.53. The molecule has 1 saturated carbocycles. The van der Waals surface area contributed by atoms with E-state index in [1.165, 1.54) is 11.1 Å². The zero-order valence-corrected chi connectivity index (χ0v) is 20.0. The second-order valence-electron chi connectivity index (χ2n) is 11.0. The first kappa shape index (κ1) is 22.1. The van der Waals surface area contributed by atoms with E-state index in [4.69, 9.17) is 0 Å². The van der Waals surface area contributed by atoms with E-state index in [0.717, 1.165) is 44.8 Å². The molecule has 33 heavy (non-hydrogen) atoms. The van der Waals surface area contributed by atoms with Crippen molar-refractivity contribution in [1.82, 2.24) is 10.2 Å². The summed E-state index contributed by atoms with van der Waals surface area (Å²) in [5.41, 5.74) is 4.51. The fraction of sp³-hybridized carbons (Fsp3) is 0.500. The zero-order chi connectivity index (χ0) is 23.2. The second kappa shape index (κ2) is 8.60. The minimum absolute atomic E-state index is 0.0185. The van der Waals surface area contributed by atoms with Gasteiger partial charge >= 0.3 is 0 Å². The van der Waals surface area contributed by atoms with Gasteiger partial charge in [-0.15, -0.1) is 0 Å². The number of nitrogens with one attached hydrogen (secondary N) is 1. The molecule has 5 rings (SSSR count). The molecule has 2 saturated heterocycles. The summed E-state index contributed by atoms with van der Waals surface area (Å²) >= 11 is 0. The minimum atomic E-state index is -0.0185. The van der Waals surface area contributed by atoms with Gasteiger partial charge in [-0.1, -0.05) is 45.0 Å². The highest BCUT2D eigenvalue weighted by Gasteiger charge is 2.55. The van der Waals surface area contributed by atoms with Crippen LogP contribution < -0.4 is 10.2 Å². The van der Waals surface area contributed by atoms with Crippen molar-refractivity contribution in [1.29, 1.82) is 0 Å². The van der Waals surface area contributed by atoms with Crippen LogP contribution in [0, 0.1) is 17.8 Å². The Morgan fingerprint density at radius 3 is 2.24 bits per heavy atom. The topological polar surface area (TPSA) is 52.7 Å². The lowest BCUT2D eigenvalue weighted by atomic mass is 9.87. The third-order valence-electron chi connectivity index (χ3n) is 7.69. The largest absolute Gasteiger partial charge is 0.352 e. The van der Waals surface area contributed by atoms with Crippen molar-refractivity contribution in [2.45, 2.75) is 45.6 Å². The van der Waals surface area contributed by atoms with Gasteiger partial charge in [0.25, 0.3) is 5.91 Å². The number of hydrogen-bond acceptors (Lipinski definition) is 3. The highest BCUT2D eigenvalue weighted by atomic mass is 16.2. The van der Waals surface area contributed by atoms with Crippen LogP contribution in [0.3, 0.4) is 0 Å². The molecule has 2 aliphatic heterocycles. The molecular formula is C28H35N3O2. The molecule has 0 radical (unpaired) electrons. The van der Waals surface area contributed by atoms with Crippen molar-refractivity contribution in [3.05, 3.63) is 65.2 Å². The fourth-order valence-corrected chi connectivity index (χ4v) is 5.56. The lowest BCUT2D eigenvalue weighted by Crippen LogP contribution is -2.30. The molecule has 5 nitrogen and oxygen atoms in total. The van der Waals surface area contributed by atoms with Crippen LogP contribution in [-0.4, -0.2) is 42.9 Å². The molecule has 1 aliphatic carbocycles. The van der Waals surface area contributed by atoms with Crippen LogP contribution in [0.1, 0.15) is 55.1 Å². The number of fused-ring (bicyclic) bond motifs is 1. The summed E-state index contributed by atoms with van der Waals surface area (Å²) in [7, 11) is 0. The number of anilines is 1. The number of nitrogens with zero attached hydrogens (tertiary/aromatic N) is 2. The number of amides is 2. The summed E-state index contributed by atoms with van der Waals surface area (Å²) in [6, 6.07) is 16.5. The molecule has 1 N–H and O–H groups in total. The molecule has 0 bridgehead atoms. The Morgan fingerprint density at radius 1 is 1.00 bits per heavy atom. The molecule has 2 atom stereocenters. The highest BCUT2D eigenvalue weighted by molar-refractivity contribution is 5.97. The van der Waals surface area contributed by atoms with Gasteiger partial charge in [-0.2, -0.15) is 0 Å². The molecule has 2 unspecified atom stereocenters. The Labute approximate surface area is 197 Å². The highest BCUT2D eigenvalue weighted by Crippen LogP contribution is 2.51. The predicted molar refractivity (Wildman–Crippen MR) is 131 cm³/mol. The first-order valence-corrected chi connectivity index (χ1v) is 12.3. The maximum absolute atomic E-state index is 12.6. The average molecular weight is 446 g/mol. The summed E-state index contributed by atoms with van der Waals surface area (Å²) in [5, 5.41) is 3.13. The molecule has 174 valence electrons. The number of carbonyl (C=O) groups is 2. The summed E-state index contributed by atoms with van der Waals surface area (Å²) in [4.78, 5) is 28.8. The average Bonchev–Trinajstić information content (AvgIpc) is 3.09. The van der Waals surface area contributed by atoms with Crippen LogP contribution >= 0.6 is 0 Å². The summed E-state index contributed by atoms with van der Waals surface area (Å²) in [6.45, 7) is 11.6. The normalized spacial score (nSPS) is 24.8. The van der Waals surface area contributed by atoms with Gasteiger partial charge in [-0.05, 0) is 65.0 Å². The van der Waals surface area contributed by atoms with Gasteiger partial charge in [0.05, 0.1) is 0 Å². The quantitative estimate of drug-likeness (QED) is 0.724. The smallest absolute Gasteiger partial charge is 0.251 e. The molecule has 2 aromatic rings. The molecule has 0 aromatic heterocycles. The van der Waals surface area contributed by atoms with Crippen LogP contribution in [0.25, 0.3) is 0 Å². The summed E-state index contributed by atoms with van der Waals surface area (Å²) < 4.78 is 0. The molecule has 3 fully saturated rings. The SMILES string of the molecule is CC(C)(C)c1ccc(CN2CC3C(CNC(=O)c4ccc(N5CCCC5=O)cc4)C3C2)cc1. The van der Waals surface area contributed by atoms with Gasteiger partial charge in [0.15, 0.2) is 0 Å². The predicted octanol–water partition coefficient (Wildman–Crippen LogP) is 4.22. The van der Waals surface area contributed by atoms with E-state index in [9.17, 15) is 9.59 Å². The number of likely N-dealkylation sites (tertiary alicyclic amines) is 1. The third kappa shape index (κ3) is 4.70. The van der Waals surface area contributed by atoms with Gasteiger partial charge < -0.3 is 10.2 Å². The summed E-state index contributed by atoms with van der Waals surface area (Å²) in [5.74, 6) is 2.18. The number of piperidine rings is 1. The second-order valence-corrected chi connectivity index (χ2v) is 11.0. The molecule has 2 amide bonds. The number of carbonyl (C=O) groups excluding carboxylic acids is 2. The van der Waals surface area contributed by atoms with Gasteiger partial charge in [-0.3, -0.25) is 14.5 Å². The van der Waals surface area contributed by atoms with E-state index >= 15 is 0 Å². The Bertz CT molecular complexity index is 1010. The number of benzene rings is 2. The van der Waals surface area contributed by atoms with Crippen molar-refractivity contribution in [3.8, 4) is 0 Å². The van der Waals surface area contributed by atoms with E-state index in [2.05, 4.69) is 55.3 Å². The van der Waals surface area contributed by atoms with Gasteiger partial charge in [0.1, 0.15) is 0 Å². The van der Waals surface area contributed by atoms with E-state index in [1.807, 2.05) is 24.3 Å². The third-order valence-corrected chi connectivity index (χ3v) is 7.69. The number of rotatable bonds is 6. The zero-order valence-electron chi connectivity index (χ0n) is 20.0. The maximum Gasteiger partial charge on any atom is 0.251 e. The van der Waals surface area contributed by atoms with E-state index in [0.29, 0.717) is 29.7 Å². The fourth-order valence-electron chi connectivity index (χ4n) is 5.56. The van der Waals surface area contributed by atoms with Crippen molar-refractivity contribution in [3.63, 3.8) is 0 Å². The van der Waals surface area contributed by atoms with Crippen LogP contribution in [0.2, 0.25) is 0 Å². The Kier molecular flexibility index (Phi) is 5.77. The Balaban J connectivity index is 1.06. The molecule has 5 heteroatoms. The lowest BCUT2D eigenvalue weighted by molar-refractivity contribution is -0.117. The van der Waals surface area contributed by atoms with Crippen molar-refractivity contribution in [2.24, 2.45) is 17.8 Å². The first-order chi connectivity index (χ1) is 15.8. The minimum Gasteiger partial charge on any atom is -0.352 e. The molecular weight excluding hydrogens is 410 g/mol. The maximum atomic E-state index is 12.6. The van der Waals surface area contributed by atoms with E-state index in [-0.39, 0.29) is 17.2 Å². The van der Waals surface area contributed by atoms with Gasteiger partial charge in [0.2, 0.25) is 5.91 Å².